The van der Waals surface area contributed by atoms with Gasteiger partial charge in [0.15, 0.2) is 22.5 Å². The molecule has 2 heterocycles. The van der Waals surface area contributed by atoms with Gasteiger partial charge in [-0.05, 0) is 51.3 Å². The lowest BCUT2D eigenvalue weighted by molar-refractivity contribution is 0.00948. The number of ether oxygens (including phenoxy) is 2. The molecule has 0 fully saturated rings. The number of rotatable bonds is 5. The molecule has 0 radical (unpaired) electrons. The van der Waals surface area contributed by atoms with Crippen molar-refractivity contribution < 1.29 is 23.0 Å². The summed E-state index contributed by atoms with van der Waals surface area (Å²) in [6.07, 6.45) is 0.976. The first kappa shape index (κ1) is 23.3. The SMILES string of the molecule is CCc1nc(Cl)c2n1CCN(C(=O)OC(C)(C)C)C2CCc1cc(F)c(OC)c(F)c1. The van der Waals surface area contributed by atoms with Crippen LogP contribution in [0.3, 0.4) is 0 Å². The van der Waals surface area contributed by atoms with Crippen LogP contribution in [0.15, 0.2) is 12.1 Å². The Hall–Kier alpha value is -2.35. The summed E-state index contributed by atoms with van der Waals surface area (Å²) < 4.78 is 40.6. The van der Waals surface area contributed by atoms with Crippen LogP contribution in [0.4, 0.5) is 13.6 Å². The number of benzene rings is 1. The topological polar surface area (TPSA) is 56.6 Å². The zero-order valence-electron chi connectivity index (χ0n) is 18.5. The maximum absolute atomic E-state index is 14.1. The zero-order chi connectivity index (χ0) is 22.9. The van der Waals surface area contributed by atoms with Gasteiger partial charge in [0, 0.05) is 19.5 Å². The normalized spacial score (nSPS) is 16.3. The van der Waals surface area contributed by atoms with Gasteiger partial charge in [-0.2, -0.15) is 0 Å². The van der Waals surface area contributed by atoms with Gasteiger partial charge in [0.2, 0.25) is 0 Å². The van der Waals surface area contributed by atoms with E-state index >= 15 is 0 Å². The van der Waals surface area contributed by atoms with Crippen molar-refractivity contribution in [3.8, 4) is 5.75 Å². The van der Waals surface area contributed by atoms with Crippen molar-refractivity contribution in [1.29, 1.82) is 0 Å². The number of nitrogens with zero attached hydrogens (tertiary/aromatic N) is 3. The van der Waals surface area contributed by atoms with E-state index in [9.17, 15) is 13.6 Å². The maximum Gasteiger partial charge on any atom is 0.410 e. The van der Waals surface area contributed by atoms with Crippen LogP contribution in [0.5, 0.6) is 5.75 Å². The minimum absolute atomic E-state index is 0.324. The van der Waals surface area contributed by atoms with Gasteiger partial charge in [-0.25, -0.2) is 18.6 Å². The van der Waals surface area contributed by atoms with E-state index < -0.39 is 35.1 Å². The van der Waals surface area contributed by atoms with Crippen LogP contribution in [0.1, 0.15) is 57.2 Å². The summed E-state index contributed by atoms with van der Waals surface area (Å²) in [4.78, 5) is 19.0. The largest absolute Gasteiger partial charge is 0.491 e. The highest BCUT2D eigenvalue weighted by Crippen LogP contribution is 2.37. The Kier molecular flexibility index (Phi) is 6.79. The summed E-state index contributed by atoms with van der Waals surface area (Å²) in [5.74, 6) is -1.09. The average molecular weight is 456 g/mol. The number of fused-ring (bicyclic) bond motifs is 1. The number of aromatic nitrogens is 2. The Labute approximate surface area is 186 Å². The fourth-order valence-electron chi connectivity index (χ4n) is 3.92. The summed E-state index contributed by atoms with van der Waals surface area (Å²) in [5.41, 5.74) is 0.536. The number of hydrogen-bond donors (Lipinski definition) is 0. The van der Waals surface area contributed by atoms with E-state index in [2.05, 4.69) is 4.98 Å². The molecule has 0 saturated heterocycles. The molecule has 0 saturated carbocycles. The third-order valence-corrected chi connectivity index (χ3v) is 5.49. The molecular weight excluding hydrogens is 428 g/mol. The van der Waals surface area contributed by atoms with Gasteiger partial charge in [-0.15, -0.1) is 0 Å². The predicted molar refractivity (Wildman–Crippen MR) is 114 cm³/mol. The van der Waals surface area contributed by atoms with Gasteiger partial charge < -0.3 is 14.0 Å². The van der Waals surface area contributed by atoms with Crippen molar-refractivity contribution in [3.63, 3.8) is 0 Å². The summed E-state index contributed by atoms with van der Waals surface area (Å²) >= 11 is 6.46. The summed E-state index contributed by atoms with van der Waals surface area (Å²) in [5, 5.41) is 0.335. The first-order chi connectivity index (χ1) is 14.6. The van der Waals surface area contributed by atoms with Crippen LogP contribution >= 0.6 is 11.6 Å². The maximum atomic E-state index is 14.1. The molecule has 9 heteroatoms. The molecule has 1 aromatic heterocycles. The molecule has 1 atom stereocenters. The number of aryl methyl sites for hydroxylation is 2. The van der Waals surface area contributed by atoms with E-state index in [1.807, 2.05) is 11.5 Å². The first-order valence-electron chi connectivity index (χ1n) is 10.3. The standard InChI is InChI=1S/C22H28ClF2N3O3/c1-6-17-26-20(23)18-16(8-7-13-11-14(24)19(30-5)15(25)12-13)27(9-10-28(17)18)21(29)31-22(2,3)4/h11-12,16H,6-10H2,1-5H3. The smallest absolute Gasteiger partial charge is 0.410 e. The van der Waals surface area contributed by atoms with E-state index in [0.29, 0.717) is 43.1 Å². The van der Waals surface area contributed by atoms with Crippen LogP contribution in [0, 0.1) is 11.6 Å². The second-order valence-electron chi connectivity index (χ2n) is 8.53. The van der Waals surface area contributed by atoms with Crippen LogP contribution < -0.4 is 4.74 Å². The number of carbonyl (C=O) groups excluding carboxylic acids is 1. The monoisotopic (exact) mass is 455 g/mol. The Balaban J connectivity index is 1.92. The van der Waals surface area contributed by atoms with Crippen LogP contribution in [0.25, 0.3) is 0 Å². The molecule has 6 nitrogen and oxygen atoms in total. The van der Waals surface area contributed by atoms with Crippen molar-refractivity contribution in [1.82, 2.24) is 14.5 Å². The number of hydrogen-bond acceptors (Lipinski definition) is 4. The molecule has 0 N–H and O–H groups in total. The molecule has 1 aromatic carbocycles. The molecule has 0 bridgehead atoms. The van der Waals surface area contributed by atoms with E-state index in [0.717, 1.165) is 11.5 Å². The molecule has 1 aliphatic heterocycles. The van der Waals surface area contributed by atoms with Gasteiger partial charge in [-0.3, -0.25) is 4.90 Å². The van der Waals surface area contributed by atoms with Crippen LogP contribution in [0.2, 0.25) is 5.15 Å². The molecule has 1 unspecified atom stereocenters. The second-order valence-corrected chi connectivity index (χ2v) is 8.89. The third kappa shape index (κ3) is 4.95. The van der Waals surface area contributed by atoms with Crippen molar-refractivity contribution >= 4 is 17.7 Å². The highest BCUT2D eigenvalue weighted by atomic mass is 35.5. The molecule has 2 aromatic rings. The highest BCUT2D eigenvalue weighted by molar-refractivity contribution is 6.30. The fraction of sp³-hybridized carbons (Fsp3) is 0.545. The summed E-state index contributed by atoms with van der Waals surface area (Å²) in [6, 6.07) is 2.06. The van der Waals surface area contributed by atoms with Gasteiger partial charge in [0.1, 0.15) is 11.4 Å². The van der Waals surface area contributed by atoms with Crippen molar-refractivity contribution in [2.24, 2.45) is 0 Å². The van der Waals surface area contributed by atoms with Crippen LogP contribution in [-0.2, 0) is 24.1 Å². The Morgan fingerprint density at radius 1 is 1.26 bits per heavy atom. The first-order valence-corrected chi connectivity index (χ1v) is 10.7. The minimum atomic E-state index is -0.763. The summed E-state index contributed by atoms with van der Waals surface area (Å²) in [7, 11) is 1.22. The van der Waals surface area contributed by atoms with Crippen molar-refractivity contribution in [2.45, 2.75) is 65.1 Å². The van der Waals surface area contributed by atoms with Gasteiger partial charge >= 0.3 is 6.09 Å². The van der Waals surface area contributed by atoms with E-state index in [-0.39, 0.29) is 0 Å². The minimum Gasteiger partial charge on any atom is -0.491 e. The number of methoxy groups -OCH3 is 1. The number of halogens is 3. The fourth-order valence-corrected chi connectivity index (χ4v) is 4.24. The van der Waals surface area contributed by atoms with E-state index in [4.69, 9.17) is 21.1 Å². The third-order valence-electron chi connectivity index (χ3n) is 5.21. The zero-order valence-corrected chi connectivity index (χ0v) is 19.2. The molecule has 0 aliphatic carbocycles. The molecule has 0 spiro atoms. The lowest BCUT2D eigenvalue weighted by Gasteiger charge is -2.38. The number of carbonyl (C=O) groups is 1. The van der Waals surface area contributed by atoms with Gasteiger partial charge in [0.25, 0.3) is 0 Å². The van der Waals surface area contributed by atoms with Crippen molar-refractivity contribution in [2.75, 3.05) is 13.7 Å². The number of imidazole rings is 1. The molecule has 1 amide bonds. The van der Waals surface area contributed by atoms with Gasteiger partial charge in [-0.1, -0.05) is 18.5 Å². The van der Waals surface area contributed by atoms with Crippen LogP contribution in [-0.4, -0.2) is 39.8 Å². The molecule has 3 rings (SSSR count). The second kappa shape index (κ2) is 9.02. The molecule has 170 valence electrons. The molecule has 1 aliphatic rings. The lowest BCUT2D eigenvalue weighted by atomic mass is 10.00. The predicted octanol–water partition coefficient (Wildman–Crippen LogP) is 5.31. The van der Waals surface area contributed by atoms with E-state index in [1.54, 1.807) is 25.7 Å². The Bertz CT molecular complexity index is 949. The Morgan fingerprint density at radius 3 is 2.45 bits per heavy atom. The van der Waals surface area contributed by atoms with Crippen molar-refractivity contribution in [3.05, 3.63) is 46.0 Å². The van der Waals surface area contributed by atoms with E-state index in [1.165, 1.54) is 19.2 Å². The Morgan fingerprint density at radius 2 is 1.90 bits per heavy atom. The number of amides is 1. The average Bonchev–Trinajstić information content (AvgIpc) is 3.00. The molecule has 31 heavy (non-hydrogen) atoms. The lowest BCUT2D eigenvalue weighted by Crippen LogP contribution is -2.45. The molecular formula is C22H28ClF2N3O3. The van der Waals surface area contributed by atoms with Gasteiger partial charge in [0.05, 0.1) is 18.8 Å². The summed E-state index contributed by atoms with van der Waals surface area (Å²) in [6.45, 7) is 8.39. The highest BCUT2D eigenvalue weighted by Gasteiger charge is 2.37. The quantitative estimate of drug-likeness (QED) is 0.613.